The number of phenolic OH excluding ortho intramolecular Hbond substituents is 1. The van der Waals surface area contributed by atoms with Crippen LogP contribution in [0.4, 0.5) is 0 Å². The maximum Gasteiger partial charge on any atom is 0.120 e. The summed E-state index contributed by atoms with van der Waals surface area (Å²) in [6, 6.07) is 3.94. The van der Waals surface area contributed by atoms with E-state index in [4.69, 9.17) is 0 Å². The molecule has 2 rings (SSSR count). The molecule has 106 valence electrons. The number of likely N-dealkylation sites (tertiary alicyclic amines) is 1. The van der Waals surface area contributed by atoms with Crippen LogP contribution in [0.1, 0.15) is 36.5 Å². The van der Waals surface area contributed by atoms with Crippen molar-refractivity contribution in [3.8, 4) is 5.75 Å². The number of nitrogens with zero attached hydrogens (tertiary/aromatic N) is 1. The third kappa shape index (κ3) is 3.48. The first-order valence-corrected chi connectivity index (χ1v) is 7.17. The lowest BCUT2D eigenvalue weighted by molar-refractivity contribution is 0.0693. The van der Waals surface area contributed by atoms with Crippen molar-refractivity contribution in [2.24, 2.45) is 5.92 Å². The van der Waals surface area contributed by atoms with Crippen LogP contribution in [0.5, 0.6) is 5.75 Å². The number of aryl methyl sites for hydroxylation is 2. The van der Waals surface area contributed by atoms with Gasteiger partial charge in [-0.2, -0.15) is 0 Å². The molecule has 0 amide bonds. The highest BCUT2D eigenvalue weighted by atomic mass is 16.3. The molecule has 1 aliphatic heterocycles. The van der Waals surface area contributed by atoms with Crippen molar-refractivity contribution in [1.29, 1.82) is 0 Å². The minimum absolute atomic E-state index is 0.197. The van der Waals surface area contributed by atoms with Gasteiger partial charge in [0.05, 0.1) is 6.10 Å². The van der Waals surface area contributed by atoms with Crippen LogP contribution in [-0.2, 0) is 6.54 Å². The molecule has 0 saturated carbocycles. The van der Waals surface area contributed by atoms with Crippen molar-refractivity contribution in [2.75, 3.05) is 13.1 Å². The van der Waals surface area contributed by atoms with Gasteiger partial charge in [-0.25, -0.2) is 0 Å². The molecule has 0 radical (unpaired) electrons. The van der Waals surface area contributed by atoms with Crippen molar-refractivity contribution in [1.82, 2.24) is 4.90 Å². The summed E-state index contributed by atoms with van der Waals surface area (Å²) in [4.78, 5) is 2.36. The molecule has 1 aliphatic rings. The molecular formula is C16H25NO2. The Morgan fingerprint density at radius 3 is 2.37 bits per heavy atom. The van der Waals surface area contributed by atoms with E-state index in [9.17, 15) is 10.2 Å². The van der Waals surface area contributed by atoms with Gasteiger partial charge in [0, 0.05) is 12.1 Å². The summed E-state index contributed by atoms with van der Waals surface area (Å²) >= 11 is 0. The van der Waals surface area contributed by atoms with Crippen LogP contribution >= 0.6 is 0 Å². The molecular weight excluding hydrogens is 238 g/mol. The zero-order chi connectivity index (χ0) is 14.0. The summed E-state index contributed by atoms with van der Waals surface area (Å²) in [6.07, 6.45) is 1.89. The SMILES string of the molecule is Cc1cc(O)c(CN2CCC([C@@H](C)O)CC2)cc1C. The lowest BCUT2D eigenvalue weighted by Gasteiger charge is -2.33. The third-order valence-corrected chi connectivity index (χ3v) is 4.40. The van der Waals surface area contributed by atoms with E-state index in [1.165, 1.54) is 5.56 Å². The van der Waals surface area contributed by atoms with E-state index >= 15 is 0 Å². The monoisotopic (exact) mass is 263 g/mol. The topological polar surface area (TPSA) is 43.7 Å². The molecule has 0 unspecified atom stereocenters. The first-order chi connectivity index (χ1) is 8.97. The standard InChI is InChI=1S/C16H25NO2/c1-11-8-15(16(19)9-12(11)2)10-17-6-4-14(5-7-17)13(3)18/h8-9,13-14,18-19H,4-7,10H2,1-3H3/t13-/m1/s1. The van der Waals surface area contributed by atoms with Crippen LogP contribution in [-0.4, -0.2) is 34.3 Å². The summed E-state index contributed by atoms with van der Waals surface area (Å²) in [5.41, 5.74) is 3.37. The Hall–Kier alpha value is -1.06. The van der Waals surface area contributed by atoms with E-state index in [1.807, 2.05) is 19.9 Å². The van der Waals surface area contributed by atoms with Gasteiger partial charge >= 0.3 is 0 Å². The number of hydrogen-bond acceptors (Lipinski definition) is 3. The van der Waals surface area contributed by atoms with Crippen molar-refractivity contribution >= 4 is 0 Å². The van der Waals surface area contributed by atoms with Gasteiger partial charge < -0.3 is 10.2 Å². The van der Waals surface area contributed by atoms with Crippen LogP contribution in [0.3, 0.4) is 0 Å². The van der Waals surface area contributed by atoms with E-state index in [0.717, 1.165) is 43.6 Å². The number of benzene rings is 1. The Bertz CT molecular complexity index is 435. The minimum atomic E-state index is -0.197. The molecule has 1 heterocycles. The highest BCUT2D eigenvalue weighted by Gasteiger charge is 2.23. The summed E-state index contributed by atoms with van der Waals surface area (Å²) in [7, 11) is 0. The fourth-order valence-electron chi connectivity index (χ4n) is 2.82. The predicted molar refractivity (Wildman–Crippen MR) is 77.3 cm³/mol. The van der Waals surface area contributed by atoms with Crippen LogP contribution in [0.15, 0.2) is 12.1 Å². The molecule has 1 aromatic carbocycles. The number of phenols is 1. The van der Waals surface area contributed by atoms with E-state index in [1.54, 1.807) is 0 Å². The number of piperidine rings is 1. The summed E-state index contributed by atoms with van der Waals surface area (Å²) in [5.74, 6) is 0.838. The maximum absolute atomic E-state index is 10.0. The Kier molecular flexibility index (Phi) is 4.48. The summed E-state index contributed by atoms with van der Waals surface area (Å²) in [6.45, 7) is 8.80. The summed E-state index contributed by atoms with van der Waals surface area (Å²) in [5, 5.41) is 19.6. The molecule has 0 aliphatic carbocycles. The smallest absolute Gasteiger partial charge is 0.120 e. The number of aliphatic hydroxyl groups is 1. The van der Waals surface area contributed by atoms with E-state index in [-0.39, 0.29) is 6.10 Å². The number of aromatic hydroxyl groups is 1. The third-order valence-electron chi connectivity index (χ3n) is 4.40. The van der Waals surface area contributed by atoms with Gasteiger partial charge in [-0.15, -0.1) is 0 Å². The van der Waals surface area contributed by atoms with Crippen LogP contribution in [0, 0.1) is 19.8 Å². The van der Waals surface area contributed by atoms with Crippen LogP contribution in [0.25, 0.3) is 0 Å². The molecule has 1 saturated heterocycles. The zero-order valence-electron chi connectivity index (χ0n) is 12.2. The Balaban J connectivity index is 1.98. The minimum Gasteiger partial charge on any atom is -0.508 e. The predicted octanol–water partition coefficient (Wildman–Crippen LogP) is 2.60. The molecule has 3 heteroatoms. The van der Waals surface area contributed by atoms with Gasteiger partial charge in [-0.3, -0.25) is 4.90 Å². The average molecular weight is 263 g/mol. The first-order valence-electron chi connectivity index (χ1n) is 7.17. The molecule has 0 aromatic heterocycles. The van der Waals surface area contributed by atoms with Crippen LogP contribution in [0.2, 0.25) is 0 Å². The van der Waals surface area contributed by atoms with Gasteiger partial charge in [0.25, 0.3) is 0 Å². The molecule has 1 aromatic rings. The number of hydrogen-bond donors (Lipinski definition) is 2. The average Bonchev–Trinajstić information content (AvgIpc) is 2.36. The van der Waals surface area contributed by atoms with Gasteiger partial charge in [0.2, 0.25) is 0 Å². The normalized spacial score (nSPS) is 19.6. The second-order valence-corrected chi connectivity index (χ2v) is 5.92. The molecule has 0 bridgehead atoms. The fraction of sp³-hybridized carbons (Fsp3) is 0.625. The van der Waals surface area contributed by atoms with Gasteiger partial charge in [-0.05, 0) is 69.8 Å². The number of aliphatic hydroxyl groups excluding tert-OH is 1. The lowest BCUT2D eigenvalue weighted by atomic mass is 9.92. The van der Waals surface area contributed by atoms with E-state index in [2.05, 4.69) is 17.9 Å². The zero-order valence-corrected chi connectivity index (χ0v) is 12.2. The van der Waals surface area contributed by atoms with Gasteiger partial charge in [0.15, 0.2) is 0 Å². The Morgan fingerprint density at radius 1 is 1.21 bits per heavy atom. The van der Waals surface area contributed by atoms with Crippen molar-refractivity contribution in [3.05, 3.63) is 28.8 Å². The van der Waals surface area contributed by atoms with Gasteiger partial charge in [-0.1, -0.05) is 6.07 Å². The number of rotatable bonds is 3. The second-order valence-electron chi connectivity index (χ2n) is 5.92. The highest BCUT2D eigenvalue weighted by molar-refractivity contribution is 5.40. The Morgan fingerprint density at radius 2 is 1.79 bits per heavy atom. The molecule has 3 nitrogen and oxygen atoms in total. The largest absolute Gasteiger partial charge is 0.508 e. The molecule has 19 heavy (non-hydrogen) atoms. The lowest BCUT2D eigenvalue weighted by Crippen LogP contribution is -2.36. The first kappa shape index (κ1) is 14.4. The summed E-state index contributed by atoms with van der Waals surface area (Å²) < 4.78 is 0. The highest BCUT2D eigenvalue weighted by Crippen LogP contribution is 2.26. The van der Waals surface area contributed by atoms with E-state index < -0.39 is 0 Å². The van der Waals surface area contributed by atoms with E-state index in [0.29, 0.717) is 11.7 Å². The van der Waals surface area contributed by atoms with Crippen molar-refractivity contribution in [3.63, 3.8) is 0 Å². The Labute approximate surface area is 115 Å². The molecule has 1 fully saturated rings. The second kappa shape index (κ2) is 5.93. The van der Waals surface area contributed by atoms with Crippen molar-refractivity contribution in [2.45, 2.75) is 46.3 Å². The van der Waals surface area contributed by atoms with Crippen molar-refractivity contribution < 1.29 is 10.2 Å². The van der Waals surface area contributed by atoms with Crippen LogP contribution < -0.4 is 0 Å². The molecule has 2 N–H and O–H groups in total. The molecule has 1 atom stereocenters. The van der Waals surface area contributed by atoms with Gasteiger partial charge in [0.1, 0.15) is 5.75 Å². The fourth-order valence-corrected chi connectivity index (χ4v) is 2.82. The molecule has 0 spiro atoms. The maximum atomic E-state index is 10.0. The quantitative estimate of drug-likeness (QED) is 0.881.